The van der Waals surface area contributed by atoms with E-state index in [2.05, 4.69) is 20.6 Å². The van der Waals surface area contributed by atoms with E-state index in [-0.39, 0.29) is 11.9 Å². The molecule has 2 rings (SSSR count). The summed E-state index contributed by atoms with van der Waals surface area (Å²) >= 11 is 0. The summed E-state index contributed by atoms with van der Waals surface area (Å²) in [4.78, 5) is 20.1. The summed E-state index contributed by atoms with van der Waals surface area (Å²) in [5.41, 5.74) is 0.552. The number of aromatic nitrogens is 3. The Morgan fingerprint density at radius 2 is 2.32 bits per heavy atom. The summed E-state index contributed by atoms with van der Waals surface area (Å²) in [5, 5.41) is 5.83. The maximum Gasteiger partial charge on any atom is 0.253 e. The normalized spacial score (nSPS) is 11.9. The molecule has 0 radical (unpaired) electrons. The zero-order chi connectivity index (χ0) is 13.7. The van der Waals surface area contributed by atoms with Crippen molar-refractivity contribution >= 4 is 11.7 Å². The van der Waals surface area contributed by atoms with Gasteiger partial charge in [0.15, 0.2) is 0 Å². The van der Waals surface area contributed by atoms with Crippen molar-refractivity contribution in [3.05, 3.63) is 42.6 Å². The van der Waals surface area contributed by atoms with E-state index in [1.807, 2.05) is 17.7 Å². The van der Waals surface area contributed by atoms with Crippen molar-refractivity contribution in [2.45, 2.75) is 19.5 Å². The predicted molar refractivity (Wildman–Crippen MR) is 72.9 cm³/mol. The van der Waals surface area contributed by atoms with Crippen molar-refractivity contribution in [3.63, 3.8) is 0 Å². The molecule has 0 saturated carbocycles. The number of carbonyl (C=O) groups excluding carboxylic acids is 1. The van der Waals surface area contributed by atoms with E-state index >= 15 is 0 Å². The molecular weight excluding hydrogens is 242 g/mol. The molecule has 0 aliphatic heterocycles. The molecule has 2 heterocycles. The Balaban J connectivity index is 1.92. The highest BCUT2D eigenvalue weighted by atomic mass is 16.1. The van der Waals surface area contributed by atoms with Gasteiger partial charge in [-0.3, -0.25) is 4.79 Å². The van der Waals surface area contributed by atoms with E-state index in [1.165, 1.54) is 0 Å². The Bertz CT molecular complexity index is 520. The lowest BCUT2D eigenvalue weighted by Crippen LogP contribution is -2.35. The number of nitrogens with zero attached hydrogens (tertiary/aromatic N) is 3. The second-order valence-corrected chi connectivity index (χ2v) is 4.32. The molecule has 0 bridgehead atoms. The third-order valence-electron chi connectivity index (χ3n) is 2.70. The first-order chi connectivity index (χ1) is 9.19. The molecular formula is C13H17N5O. The number of amides is 1. The molecule has 1 amide bonds. The van der Waals surface area contributed by atoms with Crippen LogP contribution in [0.15, 0.2) is 37.1 Å². The molecule has 2 aromatic rings. The quantitative estimate of drug-likeness (QED) is 0.844. The standard InChI is InChI=1S/C13H17N5O/c1-10(8-18-6-5-15-9-18)17-13(19)11-3-4-12(14-2)16-7-11/h3-7,9-10H,8H2,1-2H3,(H,14,16)(H,17,19). The lowest BCUT2D eigenvalue weighted by atomic mass is 10.2. The summed E-state index contributed by atoms with van der Waals surface area (Å²) < 4.78 is 1.92. The summed E-state index contributed by atoms with van der Waals surface area (Å²) in [7, 11) is 1.79. The number of hydrogen-bond donors (Lipinski definition) is 2. The minimum atomic E-state index is -0.122. The van der Waals surface area contributed by atoms with Crippen LogP contribution in [0, 0.1) is 0 Å². The molecule has 0 aliphatic carbocycles. The van der Waals surface area contributed by atoms with Crippen LogP contribution in [0.1, 0.15) is 17.3 Å². The lowest BCUT2D eigenvalue weighted by molar-refractivity contribution is 0.0936. The molecule has 6 heteroatoms. The molecule has 0 saturated heterocycles. The number of pyridine rings is 1. The molecule has 1 unspecified atom stereocenters. The Morgan fingerprint density at radius 3 is 2.89 bits per heavy atom. The van der Waals surface area contributed by atoms with Gasteiger partial charge in [0.1, 0.15) is 5.82 Å². The third-order valence-corrected chi connectivity index (χ3v) is 2.70. The van der Waals surface area contributed by atoms with Crippen molar-refractivity contribution in [1.82, 2.24) is 19.9 Å². The minimum absolute atomic E-state index is 0.0191. The molecule has 0 spiro atoms. The van der Waals surface area contributed by atoms with Crippen LogP contribution in [0.3, 0.4) is 0 Å². The molecule has 0 fully saturated rings. The van der Waals surface area contributed by atoms with Gasteiger partial charge in [-0.2, -0.15) is 0 Å². The molecule has 19 heavy (non-hydrogen) atoms. The van der Waals surface area contributed by atoms with Crippen molar-refractivity contribution in [3.8, 4) is 0 Å². The first-order valence-corrected chi connectivity index (χ1v) is 6.09. The Labute approximate surface area is 111 Å². The van der Waals surface area contributed by atoms with Gasteiger partial charge in [0, 0.05) is 38.2 Å². The Kier molecular flexibility index (Phi) is 4.12. The lowest BCUT2D eigenvalue weighted by Gasteiger charge is -2.14. The minimum Gasteiger partial charge on any atom is -0.373 e. The second kappa shape index (κ2) is 5.99. The van der Waals surface area contributed by atoms with Gasteiger partial charge in [-0.15, -0.1) is 0 Å². The zero-order valence-electron chi connectivity index (χ0n) is 11.0. The maximum atomic E-state index is 12.0. The number of anilines is 1. The van der Waals surface area contributed by atoms with Gasteiger partial charge < -0.3 is 15.2 Å². The van der Waals surface area contributed by atoms with E-state index in [0.717, 1.165) is 5.82 Å². The number of hydrogen-bond acceptors (Lipinski definition) is 4. The summed E-state index contributed by atoms with van der Waals surface area (Å²) in [6.07, 6.45) is 6.87. The van der Waals surface area contributed by atoms with Gasteiger partial charge in [-0.1, -0.05) is 0 Å². The van der Waals surface area contributed by atoms with Crippen molar-refractivity contribution < 1.29 is 4.79 Å². The zero-order valence-corrected chi connectivity index (χ0v) is 11.0. The van der Waals surface area contributed by atoms with Crippen molar-refractivity contribution in [1.29, 1.82) is 0 Å². The highest BCUT2D eigenvalue weighted by molar-refractivity contribution is 5.94. The van der Waals surface area contributed by atoms with Crippen LogP contribution in [-0.4, -0.2) is 33.5 Å². The predicted octanol–water partition coefficient (Wildman–Crippen LogP) is 1.14. The van der Waals surface area contributed by atoms with Gasteiger partial charge in [0.2, 0.25) is 0 Å². The van der Waals surface area contributed by atoms with Gasteiger partial charge in [0.05, 0.1) is 11.9 Å². The topological polar surface area (TPSA) is 71.8 Å². The smallest absolute Gasteiger partial charge is 0.253 e. The molecule has 0 aromatic carbocycles. The molecule has 2 aromatic heterocycles. The van der Waals surface area contributed by atoms with Crippen LogP contribution >= 0.6 is 0 Å². The monoisotopic (exact) mass is 259 g/mol. The number of imidazole rings is 1. The van der Waals surface area contributed by atoms with Crippen molar-refractivity contribution in [2.75, 3.05) is 12.4 Å². The fraction of sp³-hybridized carbons (Fsp3) is 0.308. The number of rotatable bonds is 5. The average Bonchev–Trinajstić information content (AvgIpc) is 2.91. The molecule has 100 valence electrons. The van der Waals surface area contributed by atoms with E-state index in [9.17, 15) is 4.79 Å². The highest BCUT2D eigenvalue weighted by Crippen LogP contribution is 2.04. The average molecular weight is 259 g/mol. The van der Waals surface area contributed by atoms with Crippen LogP contribution in [0.5, 0.6) is 0 Å². The Hall–Kier alpha value is -2.37. The number of nitrogens with one attached hydrogen (secondary N) is 2. The van der Waals surface area contributed by atoms with Gasteiger partial charge in [-0.25, -0.2) is 9.97 Å². The van der Waals surface area contributed by atoms with E-state index in [0.29, 0.717) is 12.1 Å². The van der Waals surface area contributed by atoms with Gasteiger partial charge in [0.25, 0.3) is 5.91 Å². The van der Waals surface area contributed by atoms with E-state index < -0.39 is 0 Å². The van der Waals surface area contributed by atoms with Crippen LogP contribution in [-0.2, 0) is 6.54 Å². The van der Waals surface area contributed by atoms with Crippen LogP contribution < -0.4 is 10.6 Å². The SMILES string of the molecule is CNc1ccc(C(=O)NC(C)Cn2ccnc2)cn1. The second-order valence-electron chi connectivity index (χ2n) is 4.32. The van der Waals surface area contributed by atoms with E-state index in [1.54, 1.807) is 37.9 Å². The van der Waals surface area contributed by atoms with Crippen LogP contribution in [0.2, 0.25) is 0 Å². The Morgan fingerprint density at radius 1 is 1.47 bits per heavy atom. The molecule has 2 N–H and O–H groups in total. The largest absolute Gasteiger partial charge is 0.373 e. The summed E-state index contributed by atoms with van der Waals surface area (Å²) in [6, 6.07) is 3.54. The van der Waals surface area contributed by atoms with Crippen molar-refractivity contribution in [2.24, 2.45) is 0 Å². The number of carbonyl (C=O) groups is 1. The van der Waals surface area contributed by atoms with E-state index in [4.69, 9.17) is 0 Å². The fourth-order valence-electron chi connectivity index (χ4n) is 1.74. The van der Waals surface area contributed by atoms with Crippen LogP contribution in [0.25, 0.3) is 0 Å². The highest BCUT2D eigenvalue weighted by Gasteiger charge is 2.10. The fourth-order valence-corrected chi connectivity index (χ4v) is 1.74. The molecule has 0 aliphatic rings. The maximum absolute atomic E-state index is 12.0. The first kappa shape index (κ1) is 13.1. The summed E-state index contributed by atoms with van der Waals surface area (Å²) in [5.74, 6) is 0.616. The molecule has 6 nitrogen and oxygen atoms in total. The summed E-state index contributed by atoms with van der Waals surface area (Å²) in [6.45, 7) is 2.64. The first-order valence-electron chi connectivity index (χ1n) is 6.09. The third kappa shape index (κ3) is 3.54. The van der Waals surface area contributed by atoms with Gasteiger partial charge >= 0.3 is 0 Å². The van der Waals surface area contributed by atoms with Gasteiger partial charge in [-0.05, 0) is 19.1 Å². The van der Waals surface area contributed by atoms with Crippen LogP contribution in [0.4, 0.5) is 5.82 Å². The molecule has 1 atom stereocenters.